The van der Waals surface area contributed by atoms with Gasteiger partial charge in [-0.25, -0.2) is 0 Å². The Morgan fingerprint density at radius 2 is 2.00 bits per heavy atom. The molecule has 0 saturated heterocycles. The number of ether oxygens (including phenoxy) is 1. The van der Waals surface area contributed by atoms with Gasteiger partial charge in [0.15, 0.2) is 0 Å². The molecule has 2 amide bonds. The Balaban J connectivity index is 2.17. The van der Waals surface area contributed by atoms with Crippen molar-refractivity contribution in [1.82, 2.24) is 10.3 Å². The average Bonchev–Trinajstić information content (AvgIpc) is 2.57. The van der Waals surface area contributed by atoms with E-state index in [0.29, 0.717) is 16.5 Å². The molecule has 1 aromatic carbocycles. The fourth-order valence-corrected chi connectivity index (χ4v) is 2.18. The highest BCUT2D eigenvalue weighted by atomic mass is 16.5. The number of fused-ring (bicyclic) bond motifs is 1. The first kappa shape index (κ1) is 16.4. The third-order valence-corrected chi connectivity index (χ3v) is 3.41. The zero-order valence-electron chi connectivity index (χ0n) is 12.6. The number of methoxy groups -OCH3 is 1. The van der Waals surface area contributed by atoms with Gasteiger partial charge in [-0.3, -0.25) is 19.4 Å². The minimum atomic E-state index is -0.950. The molecule has 0 unspecified atom stereocenters. The van der Waals surface area contributed by atoms with E-state index in [0.717, 1.165) is 0 Å². The number of pyridine rings is 1. The van der Waals surface area contributed by atoms with E-state index in [9.17, 15) is 14.4 Å². The summed E-state index contributed by atoms with van der Waals surface area (Å²) < 4.78 is 4.52. The predicted molar refractivity (Wildman–Crippen MR) is 83.4 cm³/mol. The lowest BCUT2D eigenvalue weighted by atomic mass is 10.1. The van der Waals surface area contributed by atoms with Gasteiger partial charge in [-0.15, -0.1) is 0 Å². The minimum absolute atomic E-state index is 0.0124. The Morgan fingerprint density at radius 3 is 2.70 bits per heavy atom. The van der Waals surface area contributed by atoms with Gasteiger partial charge < -0.3 is 15.8 Å². The van der Waals surface area contributed by atoms with E-state index in [1.165, 1.54) is 13.3 Å². The molecule has 7 heteroatoms. The van der Waals surface area contributed by atoms with Gasteiger partial charge in [0.05, 0.1) is 18.2 Å². The molecule has 1 heterocycles. The van der Waals surface area contributed by atoms with Gasteiger partial charge in [0, 0.05) is 18.0 Å². The normalized spacial score (nSPS) is 11.7. The summed E-state index contributed by atoms with van der Waals surface area (Å²) in [6, 6.07) is 7.78. The molecule has 23 heavy (non-hydrogen) atoms. The van der Waals surface area contributed by atoms with Crippen molar-refractivity contribution in [2.75, 3.05) is 7.11 Å². The molecule has 1 atom stereocenters. The van der Waals surface area contributed by atoms with Crippen LogP contribution >= 0.6 is 0 Å². The molecule has 0 bridgehead atoms. The second-order valence-corrected chi connectivity index (χ2v) is 4.92. The quantitative estimate of drug-likeness (QED) is 0.765. The molecule has 7 nitrogen and oxygen atoms in total. The fourth-order valence-electron chi connectivity index (χ4n) is 2.18. The number of aromatic nitrogens is 1. The number of nitrogens with two attached hydrogens (primary N) is 1. The maximum atomic E-state index is 12.4. The lowest BCUT2D eigenvalue weighted by Crippen LogP contribution is -2.44. The van der Waals surface area contributed by atoms with Crippen molar-refractivity contribution in [3.8, 4) is 0 Å². The number of nitrogens with zero attached hydrogens (tertiary/aromatic N) is 1. The summed E-state index contributed by atoms with van der Waals surface area (Å²) in [6.45, 7) is 0. The maximum Gasteiger partial charge on any atom is 0.305 e. The first-order chi connectivity index (χ1) is 11.0. The van der Waals surface area contributed by atoms with Crippen LogP contribution in [0, 0.1) is 0 Å². The van der Waals surface area contributed by atoms with E-state index < -0.39 is 23.8 Å². The Hall–Kier alpha value is -2.96. The molecule has 0 saturated carbocycles. The number of nitrogens with one attached hydrogen (secondary N) is 1. The minimum Gasteiger partial charge on any atom is -0.469 e. The highest BCUT2D eigenvalue weighted by molar-refractivity contribution is 6.07. The van der Waals surface area contributed by atoms with Crippen LogP contribution in [0.3, 0.4) is 0 Å². The topological polar surface area (TPSA) is 111 Å². The van der Waals surface area contributed by atoms with Crippen molar-refractivity contribution >= 4 is 28.7 Å². The third-order valence-electron chi connectivity index (χ3n) is 3.41. The van der Waals surface area contributed by atoms with Crippen molar-refractivity contribution in [3.05, 3.63) is 42.1 Å². The smallest absolute Gasteiger partial charge is 0.305 e. The van der Waals surface area contributed by atoms with Crippen molar-refractivity contribution < 1.29 is 19.1 Å². The van der Waals surface area contributed by atoms with Crippen molar-refractivity contribution in [2.24, 2.45) is 5.73 Å². The van der Waals surface area contributed by atoms with Gasteiger partial charge in [0.2, 0.25) is 5.91 Å². The summed E-state index contributed by atoms with van der Waals surface area (Å²) in [5, 5.41) is 3.23. The molecule has 2 aromatic rings. The highest BCUT2D eigenvalue weighted by Crippen LogP contribution is 2.16. The molecule has 3 N–H and O–H groups in total. The van der Waals surface area contributed by atoms with Crippen LogP contribution in [0.25, 0.3) is 10.9 Å². The Labute approximate surface area is 132 Å². The Morgan fingerprint density at radius 1 is 1.26 bits per heavy atom. The zero-order valence-corrected chi connectivity index (χ0v) is 12.6. The summed E-state index contributed by atoms with van der Waals surface area (Å²) in [6.07, 6.45) is 1.59. The number of hydrogen-bond donors (Lipinski definition) is 2. The van der Waals surface area contributed by atoms with Gasteiger partial charge in [0.1, 0.15) is 6.04 Å². The molecule has 0 aliphatic carbocycles. The Kier molecular flexibility index (Phi) is 5.24. The van der Waals surface area contributed by atoms with Gasteiger partial charge >= 0.3 is 5.97 Å². The van der Waals surface area contributed by atoms with E-state index in [1.807, 2.05) is 6.07 Å². The first-order valence-corrected chi connectivity index (χ1v) is 7.03. The van der Waals surface area contributed by atoms with E-state index in [1.54, 1.807) is 24.3 Å². The highest BCUT2D eigenvalue weighted by Gasteiger charge is 2.21. The van der Waals surface area contributed by atoms with Crippen LogP contribution in [0.2, 0.25) is 0 Å². The van der Waals surface area contributed by atoms with E-state index in [2.05, 4.69) is 15.0 Å². The molecule has 1 aromatic heterocycles. The lowest BCUT2D eigenvalue weighted by molar-refractivity contribution is -0.140. The third kappa shape index (κ3) is 4.03. The summed E-state index contributed by atoms with van der Waals surface area (Å²) in [5.74, 6) is -1.63. The van der Waals surface area contributed by atoms with Crippen molar-refractivity contribution in [2.45, 2.75) is 18.9 Å². The van der Waals surface area contributed by atoms with Crippen molar-refractivity contribution in [1.29, 1.82) is 0 Å². The van der Waals surface area contributed by atoms with Crippen LogP contribution in [0.5, 0.6) is 0 Å². The average molecular weight is 315 g/mol. The van der Waals surface area contributed by atoms with Crippen LogP contribution in [-0.2, 0) is 14.3 Å². The first-order valence-electron chi connectivity index (χ1n) is 7.03. The largest absolute Gasteiger partial charge is 0.469 e. The SMILES string of the molecule is COC(=O)CC[C@H](NC(=O)c1ccnc2ccccc12)C(N)=O. The fraction of sp³-hybridized carbons (Fsp3) is 0.250. The number of hydrogen-bond acceptors (Lipinski definition) is 5. The lowest BCUT2D eigenvalue weighted by Gasteiger charge is -2.15. The molecular formula is C16H17N3O4. The van der Waals surface area contributed by atoms with Gasteiger partial charge in [-0.1, -0.05) is 18.2 Å². The number of esters is 1. The zero-order chi connectivity index (χ0) is 16.8. The van der Waals surface area contributed by atoms with Crippen LogP contribution in [-0.4, -0.2) is 35.9 Å². The molecule has 0 radical (unpaired) electrons. The number of carbonyl (C=O) groups excluding carboxylic acids is 3. The van der Waals surface area contributed by atoms with Gasteiger partial charge in [-0.2, -0.15) is 0 Å². The maximum absolute atomic E-state index is 12.4. The second-order valence-electron chi connectivity index (χ2n) is 4.92. The molecular weight excluding hydrogens is 298 g/mol. The van der Waals surface area contributed by atoms with Crippen LogP contribution < -0.4 is 11.1 Å². The summed E-state index contributed by atoms with van der Waals surface area (Å²) in [7, 11) is 1.25. The predicted octanol–water partition coefficient (Wildman–Crippen LogP) is 0.772. The van der Waals surface area contributed by atoms with E-state index in [-0.39, 0.29) is 12.8 Å². The van der Waals surface area contributed by atoms with E-state index >= 15 is 0 Å². The number of carbonyl (C=O) groups is 3. The Bertz CT molecular complexity index is 740. The second kappa shape index (κ2) is 7.35. The molecule has 2 rings (SSSR count). The van der Waals surface area contributed by atoms with E-state index in [4.69, 9.17) is 5.73 Å². The molecule has 0 aliphatic heterocycles. The van der Waals surface area contributed by atoms with Crippen LogP contribution in [0.4, 0.5) is 0 Å². The summed E-state index contributed by atoms with van der Waals surface area (Å²) >= 11 is 0. The number of amides is 2. The number of para-hydroxylation sites is 1. The summed E-state index contributed by atoms with van der Waals surface area (Å²) in [4.78, 5) is 39.2. The molecule has 0 aliphatic rings. The standard InChI is InChI=1S/C16H17N3O4/c1-23-14(20)7-6-13(15(17)21)19-16(22)11-8-9-18-12-5-3-2-4-10(11)12/h2-5,8-9,13H,6-7H2,1H3,(H2,17,21)(H,19,22)/t13-/m0/s1. The molecule has 0 spiro atoms. The van der Waals surface area contributed by atoms with Crippen LogP contribution in [0.15, 0.2) is 36.5 Å². The van der Waals surface area contributed by atoms with Crippen molar-refractivity contribution in [3.63, 3.8) is 0 Å². The van der Waals surface area contributed by atoms with Gasteiger partial charge in [0.25, 0.3) is 5.91 Å². The summed E-state index contributed by atoms with van der Waals surface area (Å²) in [5.41, 5.74) is 6.35. The molecule has 120 valence electrons. The molecule has 0 fully saturated rings. The number of primary amides is 1. The monoisotopic (exact) mass is 315 g/mol. The number of benzene rings is 1. The van der Waals surface area contributed by atoms with Gasteiger partial charge in [-0.05, 0) is 18.6 Å². The number of rotatable bonds is 6. The van der Waals surface area contributed by atoms with Crippen LogP contribution in [0.1, 0.15) is 23.2 Å².